The Morgan fingerprint density at radius 2 is 2.00 bits per heavy atom. The maximum absolute atomic E-state index is 11.1. The molecule has 0 aromatic heterocycles. The fourth-order valence-corrected chi connectivity index (χ4v) is 1.09. The van der Waals surface area contributed by atoms with Gasteiger partial charge in [0, 0.05) is 6.04 Å². The second kappa shape index (κ2) is 4.74. The molecule has 1 unspecified atom stereocenters. The molecule has 0 aliphatic heterocycles. The Hall–Kier alpha value is -1.39. The Kier molecular flexibility index (Phi) is 3.62. The average Bonchev–Trinajstić information content (AvgIpc) is 2.27. The number of hydrogen-bond donors (Lipinski definition) is 1. The van der Waals surface area contributed by atoms with E-state index in [4.69, 9.17) is 0 Å². The van der Waals surface area contributed by atoms with Gasteiger partial charge in [-0.3, -0.25) is 0 Å². The highest BCUT2D eigenvalue weighted by Crippen LogP contribution is 2.13. The molecule has 1 rings (SSSR count). The summed E-state index contributed by atoms with van der Waals surface area (Å²) in [6.07, 6.45) is 0. The molecule has 1 aromatic rings. The molecule has 0 aliphatic rings. The number of hydrogen-bond acceptors (Lipinski definition) is 4. The fraction of sp³-hybridized carbons (Fsp3) is 0.300. The summed E-state index contributed by atoms with van der Waals surface area (Å²) in [4.78, 5) is 11.1. The Morgan fingerprint density at radius 3 is 2.43 bits per heavy atom. The van der Waals surface area contributed by atoms with Gasteiger partial charge in [0.25, 0.3) is 0 Å². The van der Waals surface area contributed by atoms with E-state index < -0.39 is 0 Å². The number of carbonyl (C=O) groups is 1. The van der Waals surface area contributed by atoms with Crippen LogP contribution in [-0.4, -0.2) is 13.1 Å². The normalized spacial score (nSPS) is 12.2. The molecule has 0 aliphatic carbocycles. The van der Waals surface area contributed by atoms with E-state index in [1.165, 1.54) is 7.11 Å². The van der Waals surface area contributed by atoms with Gasteiger partial charge in [-0.05, 0) is 24.6 Å². The van der Waals surface area contributed by atoms with Crippen molar-refractivity contribution in [3.8, 4) is 0 Å². The number of carbonyl (C=O) groups excluding carboxylic acids is 1. The van der Waals surface area contributed by atoms with Gasteiger partial charge >= 0.3 is 5.97 Å². The second-order valence-corrected chi connectivity index (χ2v) is 2.95. The molecule has 14 heavy (non-hydrogen) atoms. The SMILES string of the molecule is COC(=O)c1ccc(C(C)N[O-])cc1. The van der Waals surface area contributed by atoms with Crippen molar-refractivity contribution in [3.05, 3.63) is 40.6 Å². The summed E-state index contributed by atoms with van der Waals surface area (Å²) < 4.78 is 4.55. The molecule has 0 heterocycles. The van der Waals surface area contributed by atoms with Crippen LogP contribution < -0.4 is 5.48 Å². The molecular weight excluding hydrogens is 182 g/mol. The van der Waals surface area contributed by atoms with E-state index in [9.17, 15) is 10.0 Å². The zero-order valence-corrected chi connectivity index (χ0v) is 8.11. The van der Waals surface area contributed by atoms with Gasteiger partial charge in [0.05, 0.1) is 12.7 Å². The average molecular weight is 194 g/mol. The lowest BCUT2D eigenvalue weighted by atomic mass is 10.1. The third-order valence-electron chi connectivity index (χ3n) is 2.01. The first-order valence-corrected chi connectivity index (χ1v) is 4.25. The standard InChI is InChI=1S/C10H12NO3/c1-7(11-13)8-3-5-9(6-4-8)10(12)14-2/h3-7,11H,1-2H3/q-1. The summed E-state index contributed by atoms with van der Waals surface area (Å²) in [6.45, 7) is 1.75. The third-order valence-corrected chi connectivity index (χ3v) is 2.01. The van der Waals surface area contributed by atoms with E-state index in [-0.39, 0.29) is 12.0 Å². The van der Waals surface area contributed by atoms with Gasteiger partial charge in [-0.25, -0.2) is 4.79 Å². The van der Waals surface area contributed by atoms with Gasteiger partial charge in [-0.1, -0.05) is 12.1 Å². The van der Waals surface area contributed by atoms with Crippen LogP contribution in [0.2, 0.25) is 0 Å². The minimum atomic E-state index is -0.376. The maximum atomic E-state index is 11.1. The quantitative estimate of drug-likeness (QED) is 0.586. The first-order valence-electron chi connectivity index (χ1n) is 4.25. The lowest BCUT2D eigenvalue weighted by Crippen LogP contribution is -2.10. The fourth-order valence-electron chi connectivity index (χ4n) is 1.09. The summed E-state index contributed by atoms with van der Waals surface area (Å²) >= 11 is 0. The largest absolute Gasteiger partial charge is 0.787 e. The highest BCUT2D eigenvalue weighted by Gasteiger charge is 2.05. The molecule has 0 saturated heterocycles. The minimum absolute atomic E-state index is 0.262. The van der Waals surface area contributed by atoms with E-state index in [1.54, 1.807) is 31.2 Å². The van der Waals surface area contributed by atoms with Crippen LogP contribution in [0.1, 0.15) is 28.9 Å². The molecule has 1 atom stereocenters. The van der Waals surface area contributed by atoms with Crippen LogP contribution in [0.15, 0.2) is 24.3 Å². The smallest absolute Gasteiger partial charge is 0.337 e. The van der Waals surface area contributed by atoms with Crippen molar-refractivity contribution < 1.29 is 9.53 Å². The molecule has 0 spiro atoms. The predicted molar refractivity (Wildman–Crippen MR) is 52.7 cm³/mol. The number of rotatable bonds is 3. The summed E-state index contributed by atoms with van der Waals surface area (Å²) in [5.41, 5.74) is 3.20. The van der Waals surface area contributed by atoms with E-state index in [2.05, 4.69) is 4.74 Å². The molecular formula is C10H12NO3-. The van der Waals surface area contributed by atoms with Crippen LogP contribution >= 0.6 is 0 Å². The highest BCUT2D eigenvalue weighted by molar-refractivity contribution is 5.89. The summed E-state index contributed by atoms with van der Waals surface area (Å²) in [5.74, 6) is -0.376. The molecule has 0 amide bonds. The number of nitrogens with one attached hydrogen (secondary N) is 1. The molecule has 1 N–H and O–H groups in total. The number of esters is 1. The van der Waals surface area contributed by atoms with Crippen molar-refractivity contribution in [2.75, 3.05) is 7.11 Å². The van der Waals surface area contributed by atoms with Crippen LogP contribution in [0.4, 0.5) is 0 Å². The maximum Gasteiger partial charge on any atom is 0.337 e. The summed E-state index contributed by atoms with van der Waals surface area (Å²) in [6, 6.07) is 6.45. The van der Waals surface area contributed by atoms with E-state index in [0.29, 0.717) is 5.56 Å². The molecule has 0 radical (unpaired) electrons. The molecule has 76 valence electrons. The number of methoxy groups -OCH3 is 1. The van der Waals surface area contributed by atoms with Crippen molar-refractivity contribution >= 4 is 5.97 Å². The third kappa shape index (κ3) is 2.31. The number of benzene rings is 1. The van der Waals surface area contributed by atoms with Gasteiger partial charge in [0.2, 0.25) is 0 Å². The Labute approximate surface area is 82.5 Å². The summed E-state index contributed by atoms with van der Waals surface area (Å²) in [7, 11) is 1.33. The molecule has 1 aromatic carbocycles. The topological polar surface area (TPSA) is 61.4 Å². The van der Waals surface area contributed by atoms with Gasteiger partial charge in [-0.2, -0.15) is 0 Å². The van der Waals surface area contributed by atoms with E-state index >= 15 is 0 Å². The van der Waals surface area contributed by atoms with Crippen LogP contribution in [0.3, 0.4) is 0 Å². The molecule has 0 bridgehead atoms. The van der Waals surface area contributed by atoms with Crippen LogP contribution in [-0.2, 0) is 4.74 Å². The molecule has 0 fully saturated rings. The van der Waals surface area contributed by atoms with Crippen molar-refractivity contribution in [1.29, 1.82) is 0 Å². The molecule has 4 nitrogen and oxygen atoms in total. The van der Waals surface area contributed by atoms with Gasteiger partial charge in [-0.15, -0.1) is 0 Å². The van der Waals surface area contributed by atoms with E-state index in [1.807, 2.05) is 5.48 Å². The Balaban J connectivity index is 2.83. The minimum Gasteiger partial charge on any atom is -0.787 e. The van der Waals surface area contributed by atoms with Gasteiger partial charge in [0.15, 0.2) is 0 Å². The number of hydroxylamine groups is 1. The van der Waals surface area contributed by atoms with Crippen LogP contribution in [0, 0.1) is 5.21 Å². The van der Waals surface area contributed by atoms with Crippen LogP contribution in [0.25, 0.3) is 0 Å². The van der Waals surface area contributed by atoms with Gasteiger partial charge < -0.3 is 15.4 Å². The zero-order chi connectivity index (χ0) is 10.6. The van der Waals surface area contributed by atoms with Gasteiger partial charge in [0.1, 0.15) is 0 Å². The predicted octanol–water partition coefficient (Wildman–Crippen LogP) is 1.62. The molecule has 0 saturated carbocycles. The second-order valence-electron chi connectivity index (χ2n) is 2.95. The van der Waals surface area contributed by atoms with Crippen LogP contribution in [0.5, 0.6) is 0 Å². The first-order chi connectivity index (χ1) is 6.69. The number of ether oxygens (including phenoxy) is 1. The van der Waals surface area contributed by atoms with Crippen molar-refractivity contribution in [3.63, 3.8) is 0 Å². The lowest BCUT2D eigenvalue weighted by Gasteiger charge is -2.17. The lowest BCUT2D eigenvalue weighted by molar-refractivity contribution is 0.0600. The highest BCUT2D eigenvalue weighted by atomic mass is 16.5. The Bertz CT molecular complexity index is 308. The molecule has 4 heteroatoms. The van der Waals surface area contributed by atoms with E-state index in [0.717, 1.165) is 5.56 Å². The monoisotopic (exact) mass is 194 g/mol. The van der Waals surface area contributed by atoms with Crippen molar-refractivity contribution in [1.82, 2.24) is 5.48 Å². The summed E-state index contributed by atoms with van der Waals surface area (Å²) in [5, 5.41) is 10.4. The zero-order valence-electron chi connectivity index (χ0n) is 8.11. The Morgan fingerprint density at radius 1 is 1.43 bits per heavy atom. The first kappa shape index (κ1) is 10.7. The van der Waals surface area contributed by atoms with Crippen molar-refractivity contribution in [2.45, 2.75) is 13.0 Å². The van der Waals surface area contributed by atoms with Crippen molar-refractivity contribution in [2.24, 2.45) is 0 Å².